The van der Waals surface area contributed by atoms with Crippen molar-refractivity contribution in [3.8, 4) is 0 Å². The van der Waals surface area contributed by atoms with Gasteiger partial charge in [-0.15, -0.1) is 0 Å². The summed E-state index contributed by atoms with van der Waals surface area (Å²) in [6.45, 7) is 2.04. The highest BCUT2D eigenvalue weighted by Crippen LogP contribution is 2.03. The van der Waals surface area contributed by atoms with Crippen LogP contribution in [-0.4, -0.2) is 13.3 Å². The average molecular weight is 159 g/mol. The smallest absolute Gasteiger partial charge is 0.0277 e. The van der Waals surface area contributed by atoms with E-state index < -0.39 is 0 Å². The minimum atomic E-state index is 1.17. The summed E-state index contributed by atoms with van der Waals surface area (Å²) in [7, 11) is 1.78. The Morgan fingerprint density at radius 3 is 2.50 bits per heavy atom. The molecule has 0 radical (unpaired) electrons. The molecule has 1 aromatic rings. The van der Waals surface area contributed by atoms with Crippen molar-refractivity contribution in [1.82, 2.24) is 0 Å². The van der Waals surface area contributed by atoms with Gasteiger partial charge in [0.2, 0.25) is 0 Å². The highest BCUT2D eigenvalue weighted by atomic mass is 14.6. The van der Waals surface area contributed by atoms with Crippen LogP contribution in [0, 0.1) is 0 Å². The van der Waals surface area contributed by atoms with E-state index in [0.717, 1.165) is 0 Å². The number of hydrogen-bond acceptors (Lipinski definition) is 1. The predicted molar refractivity (Wildman–Crippen MR) is 54.5 cm³/mol. The maximum atomic E-state index is 3.94. The molecule has 62 valence electrons. The highest BCUT2D eigenvalue weighted by Gasteiger charge is 1.85. The van der Waals surface area contributed by atoms with Crippen molar-refractivity contribution < 1.29 is 0 Å². The zero-order chi connectivity index (χ0) is 8.81. The second-order valence-electron chi connectivity index (χ2n) is 2.69. The van der Waals surface area contributed by atoms with Gasteiger partial charge in [0, 0.05) is 13.3 Å². The molecule has 12 heavy (non-hydrogen) atoms. The Morgan fingerprint density at radius 1 is 1.25 bits per heavy atom. The van der Waals surface area contributed by atoms with Crippen LogP contribution in [0.2, 0.25) is 0 Å². The molecular weight excluding hydrogens is 146 g/mol. The van der Waals surface area contributed by atoms with Crippen molar-refractivity contribution in [3.63, 3.8) is 0 Å². The van der Waals surface area contributed by atoms with Crippen LogP contribution in [-0.2, 0) is 0 Å². The van der Waals surface area contributed by atoms with Crippen LogP contribution in [0.4, 0.5) is 0 Å². The van der Waals surface area contributed by atoms with Crippen molar-refractivity contribution >= 4 is 12.3 Å². The minimum absolute atomic E-state index is 1.17. The average Bonchev–Trinajstić information content (AvgIpc) is 2.06. The van der Waals surface area contributed by atoms with Gasteiger partial charge < -0.3 is 0 Å². The molecular formula is C11H13N. The molecule has 0 saturated carbocycles. The van der Waals surface area contributed by atoms with Crippen molar-refractivity contribution in [1.29, 1.82) is 0 Å². The Labute approximate surface area is 73.5 Å². The lowest BCUT2D eigenvalue weighted by molar-refractivity contribution is 1.45. The van der Waals surface area contributed by atoms with E-state index in [1.807, 2.05) is 31.3 Å². The normalized spacial score (nSPS) is 12.3. The minimum Gasteiger partial charge on any atom is -0.296 e. The van der Waals surface area contributed by atoms with Crippen LogP contribution in [0.5, 0.6) is 0 Å². The number of hydrogen-bond donors (Lipinski definition) is 0. The molecule has 0 amide bonds. The van der Waals surface area contributed by atoms with Crippen LogP contribution >= 0.6 is 0 Å². The molecule has 0 spiro atoms. The van der Waals surface area contributed by atoms with E-state index in [-0.39, 0.29) is 0 Å². The molecule has 0 aliphatic carbocycles. The van der Waals surface area contributed by atoms with E-state index in [1.165, 1.54) is 11.1 Å². The van der Waals surface area contributed by atoms with Crippen molar-refractivity contribution in [2.24, 2.45) is 4.99 Å². The molecule has 1 aromatic carbocycles. The van der Waals surface area contributed by atoms with Gasteiger partial charge in [-0.05, 0) is 18.1 Å². The summed E-state index contributed by atoms with van der Waals surface area (Å²) in [5.41, 5.74) is 2.39. The fourth-order valence-corrected chi connectivity index (χ4v) is 1.05. The summed E-state index contributed by atoms with van der Waals surface area (Å²) in [5, 5.41) is 0. The Morgan fingerprint density at radius 2 is 1.92 bits per heavy atom. The Balaban J connectivity index is 2.81. The third-order valence-electron chi connectivity index (χ3n) is 1.53. The topological polar surface area (TPSA) is 12.4 Å². The summed E-state index contributed by atoms with van der Waals surface area (Å²) in [6.07, 6.45) is 3.96. The predicted octanol–water partition coefficient (Wildman–Crippen LogP) is 2.79. The maximum absolute atomic E-state index is 3.94. The molecule has 0 bridgehead atoms. The molecule has 0 heterocycles. The number of aliphatic imine (C=N–C) groups is 1. The molecule has 0 aliphatic heterocycles. The van der Waals surface area contributed by atoms with E-state index >= 15 is 0 Å². The SMILES string of the molecule is CN=C/C(C)=C/c1ccccc1. The van der Waals surface area contributed by atoms with Crippen LogP contribution in [0.15, 0.2) is 40.9 Å². The second kappa shape index (κ2) is 4.50. The first-order valence-electron chi connectivity index (χ1n) is 3.98. The van der Waals surface area contributed by atoms with Gasteiger partial charge in [-0.2, -0.15) is 0 Å². The van der Waals surface area contributed by atoms with Crippen molar-refractivity contribution in [2.45, 2.75) is 6.92 Å². The molecule has 1 rings (SSSR count). The lowest BCUT2D eigenvalue weighted by Gasteiger charge is -1.92. The standard InChI is InChI=1S/C11H13N/c1-10(9-12-2)8-11-6-4-3-5-7-11/h3-9H,1-2H3/b10-8+,12-9?. The van der Waals surface area contributed by atoms with Crippen molar-refractivity contribution in [2.75, 3.05) is 7.05 Å². The first kappa shape index (κ1) is 8.72. The lowest BCUT2D eigenvalue weighted by atomic mass is 10.1. The summed E-state index contributed by atoms with van der Waals surface area (Å²) in [5.74, 6) is 0. The third kappa shape index (κ3) is 2.70. The van der Waals surface area contributed by atoms with Crippen LogP contribution in [0.3, 0.4) is 0 Å². The fraction of sp³-hybridized carbons (Fsp3) is 0.182. The van der Waals surface area contributed by atoms with Crippen LogP contribution < -0.4 is 0 Å². The number of nitrogens with zero attached hydrogens (tertiary/aromatic N) is 1. The summed E-state index contributed by atoms with van der Waals surface area (Å²) < 4.78 is 0. The fourth-order valence-electron chi connectivity index (χ4n) is 1.05. The summed E-state index contributed by atoms with van der Waals surface area (Å²) in [6, 6.07) is 10.2. The summed E-state index contributed by atoms with van der Waals surface area (Å²) >= 11 is 0. The Bertz CT molecular complexity index is 283. The van der Waals surface area contributed by atoms with Gasteiger partial charge in [0.05, 0.1) is 0 Å². The molecule has 1 heteroatoms. The zero-order valence-electron chi connectivity index (χ0n) is 7.49. The van der Waals surface area contributed by atoms with Crippen LogP contribution in [0.1, 0.15) is 12.5 Å². The maximum Gasteiger partial charge on any atom is 0.0277 e. The van der Waals surface area contributed by atoms with E-state index in [4.69, 9.17) is 0 Å². The van der Waals surface area contributed by atoms with Gasteiger partial charge in [0.1, 0.15) is 0 Å². The number of allylic oxidation sites excluding steroid dienone is 1. The third-order valence-corrected chi connectivity index (χ3v) is 1.53. The number of benzene rings is 1. The van der Waals surface area contributed by atoms with Gasteiger partial charge in [-0.3, -0.25) is 4.99 Å². The first-order valence-corrected chi connectivity index (χ1v) is 3.98. The molecule has 0 N–H and O–H groups in total. The number of rotatable bonds is 2. The van der Waals surface area contributed by atoms with E-state index in [0.29, 0.717) is 0 Å². The quantitative estimate of drug-likeness (QED) is 0.588. The molecule has 0 fully saturated rings. The van der Waals surface area contributed by atoms with Gasteiger partial charge in [-0.25, -0.2) is 0 Å². The highest BCUT2D eigenvalue weighted by molar-refractivity contribution is 5.84. The van der Waals surface area contributed by atoms with Gasteiger partial charge in [-0.1, -0.05) is 36.4 Å². The van der Waals surface area contributed by atoms with Gasteiger partial charge in [0.15, 0.2) is 0 Å². The van der Waals surface area contributed by atoms with Crippen LogP contribution in [0.25, 0.3) is 6.08 Å². The molecule has 1 nitrogen and oxygen atoms in total. The zero-order valence-corrected chi connectivity index (χ0v) is 7.49. The molecule has 0 atom stereocenters. The molecule has 0 aliphatic rings. The Hall–Kier alpha value is -1.37. The first-order chi connectivity index (χ1) is 5.83. The Kier molecular flexibility index (Phi) is 3.27. The molecule has 0 saturated heterocycles. The summed E-state index contributed by atoms with van der Waals surface area (Å²) in [4.78, 5) is 3.94. The van der Waals surface area contributed by atoms with Crippen molar-refractivity contribution in [3.05, 3.63) is 41.5 Å². The van der Waals surface area contributed by atoms with E-state index in [9.17, 15) is 0 Å². The van der Waals surface area contributed by atoms with Gasteiger partial charge >= 0.3 is 0 Å². The van der Waals surface area contributed by atoms with E-state index in [1.54, 1.807) is 7.05 Å². The van der Waals surface area contributed by atoms with E-state index in [2.05, 4.69) is 23.2 Å². The monoisotopic (exact) mass is 159 g/mol. The lowest BCUT2D eigenvalue weighted by Crippen LogP contribution is -1.77. The second-order valence-corrected chi connectivity index (χ2v) is 2.69. The molecule has 0 aromatic heterocycles. The molecule has 0 unspecified atom stereocenters. The largest absolute Gasteiger partial charge is 0.296 e. The van der Waals surface area contributed by atoms with Gasteiger partial charge in [0.25, 0.3) is 0 Å².